The van der Waals surface area contributed by atoms with E-state index in [1.54, 1.807) is 0 Å². The first kappa shape index (κ1) is 11.4. The fourth-order valence-electron chi connectivity index (χ4n) is 3.38. The van der Waals surface area contributed by atoms with E-state index in [4.69, 9.17) is 0 Å². The summed E-state index contributed by atoms with van der Waals surface area (Å²) in [5.74, 6) is 0.906. The second-order valence-electron chi connectivity index (χ2n) is 5.90. The van der Waals surface area contributed by atoms with Crippen molar-refractivity contribution in [3.05, 3.63) is 0 Å². The fourth-order valence-corrected chi connectivity index (χ4v) is 3.38. The molecule has 0 aromatic heterocycles. The van der Waals surface area contributed by atoms with Gasteiger partial charge >= 0.3 is 0 Å². The van der Waals surface area contributed by atoms with E-state index in [0.29, 0.717) is 5.41 Å². The summed E-state index contributed by atoms with van der Waals surface area (Å²) in [5.41, 5.74) is 0.582. The summed E-state index contributed by atoms with van der Waals surface area (Å²) in [7, 11) is 0. The molecule has 88 valence electrons. The maximum absolute atomic E-state index is 3.54. The molecule has 2 aliphatic rings. The van der Waals surface area contributed by atoms with Gasteiger partial charge in [0.1, 0.15) is 0 Å². The topological polar surface area (TPSA) is 15.3 Å². The van der Waals surface area contributed by atoms with E-state index in [1.165, 1.54) is 45.4 Å². The average Bonchev–Trinajstić information content (AvgIpc) is 2.76. The van der Waals surface area contributed by atoms with Gasteiger partial charge in [-0.15, -0.1) is 0 Å². The van der Waals surface area contributed by atoms with Crippen LogP contribution in [0.2, 0.25) is 0 Å². The Kier molecular flexibility index (Phi) is 3.36. The van der Waals surface area contributed by atoms with Gasteiger partial charge in [0.25, 0.3) is 0 Å². The molecule has 2 heteroatoms. The lowest BCUT2D eigenvalue weighted by molar-refractivity contribution is 0.151. The third-order valence-corrected chi connectivity index (χ3v) is 4.53. The second-order valence-corrected chi connectivity index (χ2v) is 5.90. The summed E-state index contributed by atoms with van der Waals surface area (Å²) >= 11 is 0. The van der Waals surface area contributed by atoms with E-state index in [-0.39, 0.29) is 0 Å². The highest BCUT2D eigenvalue weighted by Crippen LogP contribution is 2.34. The summed E-state index contributed by atoms with van der Waals surface area (Å²) in [6.07, 6.45) is 4.10. The van der Waals surface area contributed by atoms with E-state index < -0.39 is 0 Å². The van der Waals surface area contributed by atoms with Gasteiger partial charge in [0.05, 0.1) is 0 Å². The first-order valence-corrected chi connectivity index (χ1v) is 6.60. The van der Waals surface area contributed by atoms with Crippen molar-refractivity contribution in [3.8, 4) is 0 Å². The molecule has 2 saturated heterocycles. The Morgan fingerprint density at radius 2 is 2.20 bits per heavy atom. The Morgan fingerprint density at radius 3 is 2.67 bits per heavy atom. The smallest absolute Gasteiger partial charge is 0.00702 e. The summed E-state index contributed by atoms with van der Waals surface area (Å²) in [6, 6.07) is 0.809. The lowest BCUT2D eigenvalue weighted by Gasteiger charge is -2.34. The summed E-state index contributed by atoms with van der Waals surface area (Å²) < 4.78 is 0. The monoisotopic (exact) mass is 210 g/mol. The molecular formula is C13H26N2. The molecule has 1 N–H and O–H groups in total. The van der Waals surface area contributed by atoms with Crippen molar-refractivity contribution >= 4 is 0 Å². The SMILES string of the molecule is CCC1(CN2CC(C)CC2C)CCNC1. The van der Waals surface area contributed by atoms with E-state index >= 15 is 0 Å². The van der Waals surface area contributed by atoms with Crippen molar-refractivity contribution in [1.82, 2.24) is 10.2 Å². The van der Waals surface area contributed by atoms with Gasteiger partial charge in [0.2, 0.25) is 0 Å². The molecule has 0 saturated carbocycles. The maximum atomic E-state index is 3.54. The van der Waals surface area contributed by atoms with Gasteiger partial charge < -0.3 is 5.32 Å². The molecule has 0 radical (unpaired) electrons. The van der Waals surface area contributed by atoms with Crippen LogP contribution in [0, 0.1) is 11.3 Å². The number of hydrogen-bond acceptors (Lipinski definition) is 2. The molecule has 3 atom stereocenters. The van der Waals surface area contributed by atoms with Crippen LogP contribution in [0.4, 0.5) is 0 Å². The number of hydrogen-bond donors (Lipinski definition) is 1. The lowest BCUT2D eigenvalue weighted by Crippen LogP contribution is -2.40. The zero-order chi connectivity index (χ0) is 10.9. The molecule has 2 aliphatic heterocycles. The highest BCUT2D eigenvalue weighted by atomic mass is 15.2. The Hall–Kier alpha value is -0.0800. The minimum absolute atomic E-state index is 0.582. The highest BCUT2D eigenvalue weighted by Gasteiger charge is 2.37. The molecule has 0 aromatic rings. The minimum atomic E-state index is 0.582. The first-order valence-electron chi connectivity index (χ1n) is 6.60. The van der Waals surface area contributed by atoms with Crippen molar-refractivity contribution in [2.45, 2.75) is 46.1 Å². The van der Waals surface area contributed by atoms with Crippen molar-refractivity contribution in [1.29, 1.82) is 0 Å². The number of nitrogens with one attached hydrogen (secondary N) is 1. The third kappa shape index (κ3) is 2.36. The maximum Gasteiger partial charge on any atom is 0.00702 e. The Bertz CT molecular complexity index is 209. The lowest BCUT2D eigenvalue weighted by atomic mass is 9.83. The Morgan fingerprint density at radius 1 is 1.40 bits per heavy atom. The zero-order valence-electron chi connectivity index (χ0n) is 10.6. The van der Waals surface area contributed by atoms with E-state index in [0.717, 1.165) is 12.0 Å². The molecule has 0 spiro atoms. The normalized spacial score (nSPS) is 42.6. The van der Waals surface area contributed by atoms with Crippen LogP contribution in [-0.4, -0.2) is 37.1 Å². The van der Waals surface area contributed by atoms with E-state index in [2.05, 4.69) is 31.0 Å². The molecule has 0 bridgehead atoms. The number of nitrogens with zero attached hydrogens (tertiary/aromatic N) is 1. The quantitative estimate of drug-likeness (QED) is 0.767. The van der Waals surface area contributed by atoms with Crippen molar-refractivity contribution in [3.63, 3.8) is 0 Å². The van der Waals surface area contributed by atoms with Crippen molar-refractivity contribution < 1.29 is 0 Å². The van der Waals surface area contributed by atoms with Crippen LogP contribution in [0.5, 0.6) is 0 Å². The van der Waals surface area contributed by atoms with Crippen LogP contribution in [0.3, 0.4) is 0 Å². The molecule has 2 rings (SSSR count). The van der Waals surface area contributed by atoms with Crippen molar-refractivity contribution in [2.24, 2.45) is 11.3 Å². The Balaban J connectivity index is 1.95. The van der Waals surface area contributed by atoms with Gasteiger partial charge in [-0.25, -0.2) is 0 Å². The number of rotatable bonds is 3. The second kappa shape index (κ2) is 4.42. The van der Waals surface area contributed by atoms with Crippen LogP contribution in [0.15, 0.2) is 0 Å². The zero-order valence-corrected chi connectivity index (χ0v) is 10.6. The van der Waals surface area contributed by atoms with E-state index in [9.17, 15) is 0 Å². The first-order chi connectivity index (χ1) is 7.15. The van der Waals surface area contributed by atoms with Crippen molar-refractivity contribution in [2.75, 3.05) is 26.2 Å². The number of likely N-dealkylation sites (tertiary alicyclic amines) is 1. The molecule has 0 aliphatic carbocycles. The van der Waals surface area contributed by atoms with Gasteiger partial charge in [-0.1, -0.05) is 13.8 Å². The molecule has 3 unspecified atom stereocenters. The predicted molar refractivity (Wildman–Crippen MR) is 65.0 cm³/mol. The van der Waals surface area contributed by atoms with Crippen LogP contribution in [-0.2, 0) is 0 Å². The summed E-state index contributed by atoms with van der Waals surface area (Å²) in [6.45, 7) is 12.3. The molecule has 2 fully saturated rings. The highest BCUT2D eigenvalue weighted by molar-refractivity contribution is 4.92. The molecular weight excluding hydrogens is 184 g/mol. The standard InChI is InChI=1S/C13H26N2/c1-4-13(5-6-14-9-13)10-15-8-11(2)7-12(15)3/h11-12,14H,4-10H2,1-3H3. The average molecular weight is 210 g/mol. The van der Waals surface area contributed by atoms with Crippen LogP contribution in [0.1, 0.15) is 40.0 Å². The predicted octanol–water partition coefficient (Wildman–Crippen LogP) is 2.11. The molecule has 2 nitrogen and oxygen atoms in total. The summed E-state index contributed by atoms with van der Waals surface area (Å²) in [5, 5.41) is 3.54. The van der Waals surface area contributed by atoms with Gasteiger partial charge in [0, 0.05) is 25.7 Å². The molecule has 2 heterocycles. The Labute approximate surface area is 94.4 Å². The van der Waals surface area contributed by atoms with Crippen LogP contribution in [0.25, 0.3) is 0 Å². The van der Waals surface area contributed by atoms with Crippen LogP contribution < -0.4 is 5.32 Å². The summed E-state index contributed by atoms with van der Waals surface area (Å²) in [4.78, 5) is 2.72. The molecule has 0 aromatic carbocycles. The minimum Gasteiger partial charge on any atom is -0.316 e. The van der Waals surface area contributed by atoms with Gasteiger partial charge in [0.15, 0.2) is 0 Å². The molecule has 15 heavy (non-hydrogen) atoms. The third-order valence-electron chi connectivity index (χ3n) is 4.53. The van der Waals surface area contributed by atoms with E-state index in [1.807, 2.05) is 0 Å². The van der Waals surface area contributed by atoms with Crippen LogP contribution >= 0.6 is 0 Å². The largest absolute Gasteiger partial charge is 0.316 e. The van der Waals surface area contributed by atoms with Gasteiger partial charge in [-0.3, -0.25) is 4.90 Å². The van der Waals surface area contributed by atoms with Gasteiger partial charge in [-0.2, -0.15) is 0 Å². The molecule has 0 amide bonds. The van der Waals surface area contributed by atoms with Gasteiger partial charge in [-0.05, 0) is 44.1 Å². The fraction of sp³-hybridized carbons (Fsp3) is 1.00.